The average molecular weight is 359 g/mol. The van der Waals surface area contributed by atoms with Crippen LogP contribution in [0, 0.1) is 13.8 Å². The van der Waals surface area contributed by atoms with Crippen LogP contribution in [0.25, 0.3) is 10.9 Å². The molecule has 0 spiro atoms. The molecular weight excluding hydrogens is 343 g/mol. The lowest BCUT2D eigenvalue weighted by molar-refractivity contribution is -0.115. The molecule has 122 valence electrons. The van der Waals surface area contributed by atoms with E-state index in [2.05, 4.69) is 10.3 Å². The van der Waals surface area contributed by atoms with Gasteiger partial charge in [-0.1, -0.05) is 41.4 Å². The minimum Gasteiger partial charge on any atom is -0.324 e. The van der Waals surface area contributed by atoms with Crippen molar-refractivity contribution in [2.45, 2.75) is 20.3 Å². The van der Waals surface area contributed by atoms with Crippen LogP contribution in [0.5, 0.6) is 0 Å². The molecule has 1 amide bonds. The fourth-order valence-electron chi connectivity index (χ4n) is 2.78. The molecule has 0 aliphatic carbocycles. The average Bonchev–Trinajstić information content (AvgIpc) is 2.55. The summed E-state index contributed by atoms with van der Waals surface area (Å²) in [7, 11) is 0. The highest BCUT2D eigenvalue weighted by Crippen LogP contribution is 2.27. The van der Waals surface area contributed by atoms with Gasteiger partial charge in [-0.2, -0.15) is 0 Å². The van der Waals surface area contributed by atoms with E-state index in [9.17, 15) is 4.79 Å². The molecule has 0 fully saturated rings. The number of aryl methyl sites for hydroxylation is 2. The molecule has 0 radical (unpaired) electrons. The Bertz CT molecular complexity index is 938. The summed E-state index contributed by atoms with van der Waals surface area (Å²) < 4.78 is 0. The lowest BCUT2D eigenvalue weighted by atomic mass is 9.99. The molecule has 3 rings (SSSR count). The van der Waals surface area contributed by atoms with E-state index >= 15 is 0 Å². The van der Waals surface area contributed by atoms with Crippen LogP contribution < -0.4 is 5.32 Å². The molecule has 0 unspecified atom stereocenters. The van der Waals surface area contributed by atoms with Gasteiger partial charge in [0, 0.05) is 16.1 Å². The molecule has 3 aromatic rings. The van der Waals surface area contributed by atoms with Gasteiger partial charge in [0.05, 0.1) is 22.6 Å². The first kappa shape index (κ1) is 16.7. The first-order valence-electron chi connectivity index (χ1n) is 7.55. The Balaban J connectivity index is 1.89. The zero-order chi connectivity index (χ0) is 17.3. The van der Waals surface area contributed by atoms with Gasteiger partial charge in [0.15, 0.2) is 0 Å². The largest absolute Gasteiger partial charge is 0.324 e. The lowest BCUT2D eigenvalue weighted by Gasteiger charge is -2.13. The summed E-state index contributed by atoms with van der Waals surface area (Å²) in [6.45, 7) is 3.94. The van der Waals surface area contributed by atoms with Gasteiger partial charge < -0.3 is 5.32 Å². The number of hydrogen-bond acceptors (Lipinski definition) is 2. The van der Waals surface area contributed by atoms with Crippen molar-refractivity contribution in [1.29, 1.82) is 0 Å². The minimum absolute atomic E-state index is 0.151. The first-order chi connectivity index (χ1) is 11.5. The van der Waals surface area contributed by atoms with Crippen LogP contribution in [-0.4, -0.2) is 10.9 Å². The van der Waals surface area contributed by atoms with Crippen molar-refractivity contribution in [3.8, 4) is 0 Å². The number of para-hydroxylation sites is 1. The number of nitrogens with one attached hydrogen (secondary N) is 1. The molecule has 2 aromatic carbocycles. The van der Waals surface area contributed by atoms with Gasteiger partial charge in [0.25, 0.3) is 0 Å². The van der Waals surface area contributed by atoms with Crippen molar-refractivity contribution in [3.05, 3.63) is 69.3 Å². The number of anilines is 1. The highest BCUT2D eigenvalue weighted by Gasteiger charge is 2.14. The number of hydrogen-bond donors (Lipinski definition) is 1. The number of carbonyl (C=O) groups excluding carboxylic acids is 1. The Labute approximate surface area is 150 Å². The summed E-state index contributed by atoms with van der Waals surface area (Å²) in [5.74, 6) is -0.151. The third-order valence-electron chi connectivity index (χ3n) is 4.03. The number of carbonyl (C=O) groups is 1. The van der Waals surface area contributed by atoms with Crippen LogP contribution in [0.4, 0.5) is 5.69 Å². The van der Waals surface area contributed by atoms with Crippen LogP contribution in [0.3, 0.4) is 0 Å². The molecule has 5 heteroatoms. The minimum atomic E-state index is -0.151. The van der Waals surface area contributed by atoms with E-state index in [1.807, 2.05) is 38.1 Å². The fraction of sp³-hybridized carbons (Fsp3) is 0.158. The van der Waals surface area contributed by atoms with Crippen LogP contribution in [0.1, 0.15) is 16.8 Å². The van der Waals surface area contributed by atoms with Crippen molar-refractivity contribution in [3.63, 3.8) is 0 Å². The second kappa shape index (κ2) is 6.80. The fourth-order valence-corrected chi connectivity index (χ4v) is 3.12. The number of benzene rings is 2. The summed E-state index contributed by atoms with van der Waals surface area (Å²) in [5.41, 5.74) is 4.32. The molecular formula is C19H16Cl2N2O. The van der Waals surface area contributed by atoms with E-state index in [1.165, 1.54) is 0 Å². The van der Waals surface area contributed by atoms with E-state index in [0.29, 0.717) is 15.7 Å². The van der Waals surface area contributed by atoms with E-state index in [4.69, 9.17) is 23.2 Å². The topological polar surface area (TPSA) is 42.0 Å². The summed E-state index contributed by atoms with van der Waals surface area (Å²) in [5, 5.41) is 4.86. The number of aromatic nitrogens is 1. The van der Waals surface area contributed by atoms with E-state index in [-0.39, 0.29) is 12.3 Å². The number of fused-ring (bicyclic) bond motifs is 1. The molecule has 3 nitrogen and oxygen atoms in total. The Morgan fingerprint density at radius 2 is 1.88 bits per heavy atom. The third-order valence-corrected chi connectivity index (χ3v) is 4.59. The number of pyridine rings is 1. The van der Waals surface area contributed by atoms with Crippen LogP contribution in [0.15, 0.2) is 42.5 Å². The van der Waals surface area contributed by atoms with Crippen molar-refractivity contribution in [2.75, 3.05) is 5.32 Å². The molecule has 1 N–H and O–H groups in total. The van der Waals surface area contributed by atoms with Gasteiger partial charge in [-0.25, -0.2) is 0 Å². The van der Waals surface area contributed by atoms with Crippen molar-refractivity contribution in [2.24, 2.45) is 0 Å². The molecule has 0 aliphatic rings. The van der Waals surface area contributed by atoms with Gasteiger partial charge in [-0.3, -0.25) is 9.78 Å². The van der Waals surface area contributed by atoms with Crippen molar-refractivity contribution >= 4 is 45.7 Å². The number of rotatable bonds is 3. The maximum absolute atomic E-state index is 12.4. The quantitative estimate of drug-likeness (QED) is 0.686. The zero-order valence-electron chi connectivity index (χ0n) is 13.4. The molecule has 0 saturated carbocycles. The van der Waals surface area contributed by atoms with E-state index < -0.39 is 0 Å². The maximum Gasteiger partial charge on any atom is 0.228 e. The second-order valence-electron chi connectivity index (χ2n) is 5.67. The molecule has 1 aromatic heterocycles. The molecule has 0 saturated heterocycles. The van der Waals surface area contributed by atoms with Gasteiger partial charge in [-0.15, -0.1) is 0 Å². The molecule has 1 heterocycles. The smallest absolute Gasteiger partial charge is 0.228 e. The van der Waals surface area contributed by atoms with E-state index in [1.54, 1.807) is 18.2 Å². The predicted molar refractivity (Wildman–Crippen MR) is 100 cm³/mol. The summed E-state index contributed by atoms with van der Waals surface area (Å²) in [6.07, 6.45) is 0.234. The Kier molecular flexibility index (Phi) is 4.74. The highest BCUT2D eigenvalue weighted by atomic mass is 35.5. The van der Waals surface area contributed by atoms with E-state index in [0.717, 1.165) is 27.7 Å². The third kappa shape index (κ3) is 3.37. The number of amides is 1. The van der Waals surface area contributed by atoms with Crippen molar-refractivity contribution < 1.29 is 4.79 Å². The standard InChI is InChI=1S/C19H16Cl2N2O/c1-11-14-5-3-4-6-17(14)22-12(2)15(11)10-19(24)23-18-9-13(20)7-8-16(18)21/h3-9H,10H2,1-2H3,(H,23,24). The number of halogens is 2. The van der Waals surface area contributed by atoms with Gasteiger partial charge >= 0.3 is 0 Å². The first-order valence-corrected chi connectivity index (χ1v) is 8.31. The predicted octanol–water partition coefficient (Wildman–Crippen LogP) is 5.34. The summed E-state index contributed by atoms with van der Waals surface area (Å²) in [6, 6.07) is 12.9. The Hall–Kier alpha value is -2.10. The SMILES string of the molecule is Cc1nc2ccccc2c(C)c1CC(=O)Nc1cc(Cl)ccc1Cl. The Morgan fingerprint density at radius 1 is 1.12 bits per heavy atom. The van der Waals surface area contributed by atoms with Gasteiger partial charge in [0.2, 0.25) is 5.91 Å². The Morgan fingerprint density at radius 3 is 2.67 bits per heavy atom. The van der Waals surface area contributed by atoms with Gasteiger partial charge in [-0.05, 0) is 49.2 Å². The normalized spacial score (nSPS) is 10.8. The molecule has 0 atom stereocenters. The zero-order valence-corrected chi connectivity index (χ0v) is 14.9. The monoisotopic (exact) mass is 358 g/mol. The highest BCUT2D eigenvalue weighted by molar-refractivity contribution is 6.35. The van der Waals surface area contributed by atoms with Crippen LogP contribution >= 0.6 is 23.2 Å². The summed E-state index contributed by atoms with van der Waals surface area (Å²) in [4.78, 5) is 17.0. The molecule has 24 heavy (non-hydrogen) atoms. The lowest BCUT2D eigenvalue weighted by Crippen LogP contribution is -2.16. The maximum atomic E-state index is 12.4. The van der Waals surface area contributed by atoms with Crippen molar-refractivity contribution in [1.82, 2.24) is 4.98 Å². The number of nitrogens with zero attached hydrogens (tertiary/aromatic N) is 1. The molecule has 0 bridgehead atoms. The van der Waals surface area contributed by atoms with Crippen LogP contribution in [-0.2, 0) is 11.2 Å². The van der Waals surface area contributed by atoms with Crippen LogP contribution in [0.2, 0.25) is 10.0 Å². The second-order valence-corrected chi connectivity index (χ2v) is 6.51. The summed E-state index contributed by atoms with van der Waals surface area (Å²) >= 11 is 12.1. The molecule has 0 aliphatic heterocycles. The van der Waals surface area contributed by atoms with Gasteiger partial charge in [0.1, 0.15) is 0 Å².